The van der Waals surface area contributed by atoms with Crippen molar-refractivity contribution in [3.05, 3.63) is 46.8 Å². The summed E-state index contributed by atoms with van der Waals surface area (Å²) in [6.07, 6.45) is -4.43. The lowest BCUT2D eigenvalue weighted by atomic mass is 10.1. The fourth-order valence-electron chi connectivity index (χ4n) is 2.46. The van der Waals surface area contributed by atoms with Gasteiger partial charge in [-0.1, -0.05) is 12.1 Å². The van der Waals surface area contributed by atoms with Gasteiger partial charge in [-0.05, 0) is 38.5 Å². The quantitative estimate of drug-likeness (QED) is 0.910. The molecular weight excluding hydrogens is 343 g/mol. The van der Waals surface area contributed by atoms with Crippen LogP contribution in [0.2, 0.25) is 0 Å². The Morgan fingerprint density at radius 3 is 2.12 bits per heavy atom. The van der Waals surface area contributed by atoms with Crippen LogP contribution in [0.15, 0.2) is 29.2 Å². The fourth-order valence-corrected chi connectivity index (χ4v) is 4.13. The van der Waals surface area contributed by atoms with E-state index in [1.54, 1.807) is 27.8 Å². The summed E-state index contributed by atoms with van der Waals surface area (Å²) in [6, 6.07) is 3.70. The number of rotatable bonds is 4. The Morgan fingerprint density at radius 2 is 1.71 bits per heavy atom. The van der Waals surface area contributed by atoms with E-state index in [0.717, 1.165) is 12.1 Å². The minimum Gasteiger partial charge on any atom is -0.271 e. The highest BCUT2D eigenvalue weighted by Gasteiger charge is 2.30. The SMILES string of the molecule is Cc1nn(C)c(C)c1S(=O)(=O)NC(C)c1ccc(C(F)(F)F)cc1. The van der Waals surface area contributed by atoms with Gasteiger partial charge in [-0.3, -0.25) is 4.68 Å². The number of sulfonamides is 1. The van der Waals surface area contributed by atoms with Crippen molar-refractivity contribution in [3.8, 4) is 0 Å². The number of halogens is 3. The molecule has 0 aliphatic heterocycles. The van der Waals surface area contributed by atoms with Gasteiger partial charge < -0.3 is 0 Å². The van der Waals surface area contributed by atoms with Crippen molar-refractivity contribution in [1.82, 2.24) is 14.5 Å². The summed E-state index contributed by atoms with van der Waals surface area (Å²) in [5.74, 6) is 0. The van der Waals surface area contributed by atoms with Crippen LogP contribution in [-0.2, 0) is 23.2 Å². The van der Waals surface area contributed by atoms with Crippen LogP contribution in [0, 0.1) is 13.8 Å². The van der Waals surface area contributed by atoms with E-state index in [4.69, 9.17) is 0 Å². The van der Waals surface area contributed by atoms with Crippen LogP contribution in [0.1, 0.15) is 35.5 Å². The first-order chi connectivity index (χ1) is 10.9. The zero-order valence-electron chi connectivity index (χ0n) is 13.6. The maximum Gasteiger partial charge on any atom is 0.416 e. The number of aromatic nitrogens is 2. The van der Waals surface area contributed by atoms with E-state index in [-0.39, 0.29) is 4.90 Å². The number of hydrogen-bond donors (Lipinski definition) is 1. The second kappa shape index (κ2) is 6.21. The first-order valence-corrected chi connectivity index (χ1v) is 8.61. The predicted octanol–water partition coefficient (Wildman–Crippen LogP) is 3.10. The van der Waals surface area contributed by atoms with Crippen molar-refractivity contribution in [2.45, 2.75) is 37.9 Å². The number of hydrogen-bond acceptors (Lipinski definition) is 3. The smallest absolute Gasteiger partial charge is 0.271 e. The van der Waals surface area contributed by atoms with Gasteiger partial charge in [0.15, 0.2) is 0 Å². The van der Waals surface area contributed by atoms with Crippen LogP contribution in [0.4, 0.5) is 13.2 Å². The van der Waals surface area contributed by atoms with Gasteiger partial charge in [-0.2, -0.15) is 18.3 Å². The zero-order valence-corrected chi connectivity index (χ0v) is 14.5. The van der Waals surface area contributed by atoms with Crippen molar-refractivity contribution in [3.63, 3.8) is 0 Å². The molecule has 9 heteroatoms. The summed E-state index contributed by atoms with van der Waals surface area (Å²) in [4.78, 5) is 0.0868. The minimum absolute atomic E-state index is 0.0868. The molecule has 0 radical (unpaired) electrons. The summed E-state index contributed by atoms with van der Waals surface area (Å²) >= 11 is 0. The van der Waals surface area contributed by atoms with E-state index in [0.29, 0.717) is 17.0 Å². The summed E-state index contributed by atoms with van der Waals surface area (Å²) in [6.45, 7) is 4.79. The first-order valence-electron chi connectivity index (χ1n) is 7.13. The van der Waals surface area contributed by atoms with Crippen LogP contribution in [0.25, 0.3) is 0 Å². The molecule has 1 atom stereocenters. The standard InChI is InChI=1S/C15H18F3N3O2S/c1-9(12-5-7-13(8-6-12)15(16,17)18)20-24(22,23)14-10(2)19-21(4)11(14)3/h5-9,20H,1-4H3. The predicted molar refractivity (Wildman–Crippen MR) is 82.9 cm³/mol. The molecule has 0 bridgehead atoms. The van der Waals surface area contributed by atoms with E-state index in [1.807, 2.05) is 0 Å². The van der Waals surface area contributed by atoms with Gasteiger partial charge in [0, 0.05) is 13.1 Å². The van der Waals surface area contributed by atoms with Gasteiger partial charge in [0.1, 0.15) is 4.90 Å². The topological polar surface area (TPSA) is 64.0 Å². The molecule has 0 spiro atoms. The molecule has 24 heavy (non-hydrogen) atoms. The van der Waals surface area contributed by atoms with Gasteiger partial charge in [0.2, 0.25) is 10.0 Å². The van der Waals surface area contributed by atoms with E-state index in [9.17, 15) is 21.6 Å². The van der Waals surface area contributed by atoms with Crippen molar-refractivity contribution in [2.75, 3.05) is 0 Å². The average molecular weight is 361 g/mol. The molecule has 0 aliphatic carbocycles. The molecule has 1 N–H and O–H groups in total. The fraction of sp³-hybridized carbons (Fsp3) is 0.400. The molecule has 132 valence electrons. The summed E-state index contributed by atoms with van der Waals surface area (Å²) in [7, 11) is -2.20. The van der Waals surface area contributed by atoms with E-state index >= 15 is 0 Å². The second-order valence-corrected chi connectivity index (χ2v) is 7.24. The number of nitrogens with zero attached hydrogens (tertiary/aromatic N) is 2. The average Bonchev–Trinajstić information content (AvgIpc) is 2.71. The third kappa shape index (κ3) is 3.62. The van der Waals surface area contributed by atoms with Gasteiger partial charge in [0.05, 0.1) is 17.0 Å². The van der Waals surface area contributed by atoms with Crippen LogP contribution in [-0.4, -0.2) is 18.2 Å². The highest BCUT2D eigenvalue weighted by molar-refractivity contribution is 7.89. The van der Waals surface area contributed by atoms with Gasteiger partial charge in [0.25, 0.3) is 0 Å². The molecule has 0 amide bonds. The normalized spacial score (nSPS) is 14.0. The number of aryl methyl sites for hydroxylation is 2. The molecule has 1 heterocycles. The molecule has 2 rings (SSSR count). The lowest BCUT2D eigenvalue weighted by Crippen LogP contribution is -2.27. The molecule has 1 aromatic carbocycles. The molecule has 2 aromatic rings. The van der Waals surface area contributed by atoms with Gasteiger partial charge in [-0.25, -0.2) is 13.1 Å². The minimum atomic E-state index is -4.43. The Hall–Kier alpha value is -1.87. The Morgan fingerprint density at radius 1 is 1.17 bits per heavy atom. The van der Waals surface area contributed by atoms with Crippen molar-refractivity contribution in [1.29, 1.82) is 0 Å². The summed E-state index contributed by atoms with van der Waals surface area (Å²) < 4.78 is 66.8. The van der Waals surface area contributed by atoms with Gasteiger partial charge >= 0.3 is 6.18 Å². The Balaban J connectivity index is 2.27. The maximum atomic E-state index is 12.6. The summed E-state index contributed by atoms with van der Waals surface area (Å²) in [5.41, 5.74) is 0.507. The molecule has 0 saturated heterocycles. The lowest BCUT2D eigenvalue weighted by Gasteiger charge is -2.16. The molecule has 1 unspecified atom stereocenters. The van der Waals surface area contributed by atoms with Gasteiger partial charge in [-0.15, -0.1) is 0 Å². The van der Waals surface area contributed by atoms with Crippen LogP contribution >= 0.6 is 0 Å². The third-order valence-electron chi connectivity index (χ3n) is 3.78. The number of nitrogens with one attached hydrogen (secondary N) is 1. The Kier molecular flexibility index (Phi) is 4.78. The van der Waals surface area contributed by atoms with Crippen molar-refractivity contribution < 1.29 is 21.6 Å². The van der Waals surface area contributed by atoms with Crippen LogP contribution < -0.4 is 4.72 Å². The van der Waals surface area contributed by atoms with Crippen LogP contribution in [0.3, 0.4) is 0 Å². The highest BCUT2D eigenvalue weighted by atomic mass is 32.2. The Labute approximate surface area is 138 Å². The first kappa shape index (κ1) is 18.5. The van der Waals surface area contributed by atoms with E-state index in [1.165, 1.54) is 16.8 Å². The van der Waals surface area contributed by atoms with Crippen molar-refractivity contribution >= 4 is 10.0 Å². The maximum absolute atomic E-state index is 12.6. The van der Waals surface area contributed by atoms with Crippen LogP contribution in [0.5, 0.6) is 0 Å². The molecule has 0 aliphatic rings. The number of benzene rings is 1. The zero-order chi connectivity index (χ0) is 18.3. The molecule has 1 aromatic heterocycles. The third-order valence-corrected chi connectivity index (χ3v) is 5.57. The van der Waals surface area contributed by atoms with E-state index in [2.05, 4.69) is 9.82 Å². The monoisotopic (exact) mass is 361 g/mol. The number of alkyl halides is 3. The molecule has 0 fully saturated rings. The summed E-state index contributed by atoms with van der Waals surface area (Å²) in [5, 5.41) is 4.07. The molecule has 5 nitrogen and oxygen atoms in total. The van der Waals surface area contributed by atoms with E-state index < -0.39 is 27.8 Å². The molecule has 0 saturated carbocycles. The second-order valence-electron chi connectivity index (χ2n) is 5.59. The lowest BCUT2D eigenvalue weighted by molar-refractivity contribution is -0.137. The van der Waals surface area contributed by atoms with Crippen molar-refractivity contribution in [2.24, 2.45) is 7.05 Å². The largest absolute Gasteiger partial charge is 0.416 e. The Bertz CT molecular complexity index is 840. The highest BCUT2D eigenvalue weighted by Crippen LogP contribution is 2.30. The molecular formula is C15H18F3N3O2S.